The van der Waals surface area contributed by atoms with E-state index in [9.17, 15) is 14.4 Å². The summed E-state index contributed by atoms with van der Waals surface area (Å²) >= 11 is 1.44. The van der Waals surface area contributed by atoms with Gasteiger partial charge in [0.05, 0.1) is 6.54 Å². The third-order valence-corrected chi connectivity index (χ3v) is 6.01. The minimum absolute atomic E-state index is 0.0515. The fourth-order valence-electron chi connectivity index (χ4n) is 3.52. The Kier molecular flexibility index (Phi) is 7.07. The zero-order chi connectivity index (χ0) is 21.0. The number of aromatic nitrogens is 1. The Labute approximate surface area is 175 Å². The summed E-state index contributed by atoms with van der Waals surface area (Å²) in [5.74, 6) is 0.103. The van der Waals surface area contributed by atoms with E-state index in [4.69, 9.17) is 0 Å². The SMILES string of the molecule is CC(=O)N1CCN(C(=O)CN2CCN(C(=O)c3csc(NC(C)C)n3)CC2)CC1. The fraction of sp³-hybridized carbons (Fsp3) is 0.684. The van der Waals surface area contributed by atoms with Crippen LogP contribution in [0, 0.1) is 0 Å². The first-order valence-electron chi connectivity index (χ1n) is 10.1. The van der Waals surface area contributed by atoms with Gasteiger partial charge >= 0.3 is 0 Å². The summed E-state index contributed by atoms with van der Waals surface area (Å²) in [4.78, 5) is 48.5. The molecule has 0 bridgehead atoms. The number of carbonyl (C=O) groups is 3. The summed E-state index contributed by atoms with van der Waals surface area (Å²) in [5, 5.41) is 5.77. The van der Waals surface area contributed by atoms with E-state index >= 15 is 0 Å². The molecule has 2 aliphatic heterocycles. The molecule has 0 aliphatic carbocycles. The van der Waals surface area contributed by atoms with Gasteiger partial charge in [-0.3, -0.25) is 19.3 Å². The van der Waals surface area contributed by atoms with Crippen molar-refractivity contribution in [2.45, 2.75) is 26.8 Å². The molecule has 3 rings (SSSR count). The molecule has 0 unspecified atom stereocenters. The maximum Gasteiger partial charge on any atom is 0.273 e. The van der Waals surface area contributed by atoms with Crippen LogP contribution in [0.5, 0.6) is 0 Å². The van der Waals surface area contributed by atoms with Gasteiger partial charge in [0.1, 0.15) is 5.69 Å². The molecule has 2 fully saturated rings. The third-order valence-electron chi connectivity index (χ3n) is 5.23. The van der Waals surface area contributed by atoms with Crippen molar-refractivity contribution in [1.82, 2.24) is 24.6 Å². The summed E-state index contributed by atoms with van der Waals surface area (Å²) in [6.07, 6.45) is 0. The van der Waals surface area contributed by atoms with Crippen molar-refractivity contribution in [2.75, 3.05) is 64.2 Å². The molecule has 0 radical (unpaired) electrons. The number of rotatable bonds is 5. The van der Waals surface area contributed by atoms with Gasteiger partial charge in [0.25, 0.3) is 5.91 Å². The van der Waals surface area contributed by atoms with Crippen LogP contribution >= 0.6 is 11.3 Å². The minimum Gasteiger partial charge on any atom is -0.359 e. The first kappa shape index (κ1) is 21.5. The summed E-state index contributed by atoms with van der Waals surface area (Å²) in [6, 6.07) is 0.274. The molecule has 0 aromatic carbocycles. The van der Waals surface area contributed by atoms with Crippen LogP contribution in [0.15, 0.2) is 5.38 Å². The van der Waals surface area contributed by atoms with E-state index in [1.165, 1.54) is 11.3 Å². The smallest absolute Gasteiger partial charge is 0.273 e. The van der Waals surface area contributed by atoms with Gasteiger partial charge in [-0.1, -0.05) is 0 Å². The van der Waals surface area contributed by atoms with Crippen molar-refractivity contribution in [2.24, 2.45) is 0 Å². The van der Waals surface area contributed by atoms with Crippen molar-refractivity contribution in [3.63, 3.8) is 0 Å². The van der Waals surface area contributed by atoms with Crippen LogP contribution in [0.25, 0.3) is 0 Å². The Hall–Kier alpha value is -2.20. The molecule has 3 heterocycles. The lowest BCUT2D eigenvalue weighted by molar-refractivity contribution is -0.139. The third kappa shape index (κ3) is 5.66. The molecule has 2 saturated heterocycles. The van der Waals surface area contributed by atoms with E-state index in [-0.39, 0.29) is 23.8 Å². The molecule has 1 aromatic rings. The van der Waals surface area contributed by atoms with Gasteiger partial charge in [0.2, 0.25) is 11.8 Å². The average Bonchev–Trinajstić information content (AvgIpc) is 3.15. The normalized spacial score (nSPS) is 18.3. The summed E-state index contributed by atoms with van der Waals surface area (Å²) in [5.41, 5.74) is 0.478. The lowest BCUT2D eigenvalue weighted by Crippen LogP contribution is -2.55. The van der Waals surface area contributed by atoms with E-state index < -0.39 is 0 Å². The number of nitrogens with zero attached hydrogens (tertiary/aromatic N) is 5. The van der Waals surface area contributed by atoms with Crippen molar-refractivity contribution >= 4 is 34.2 Å². The van der Waals surface area contributed by atoms with Crippen LogP contribution in [0.1, 0.15) is 31.3 Å². The molecule has 160 valence electrons. The predicted molar refractivity (Wildman–Crippen MR) is 112 cm³/mol. The molecule has 1 N–H and O–H groups in total. The largest absolute Gasteiger partial charge is 0.359 e. The molecule has 1 aromatic heterocycles. The van der Waals surface area contributed by atoms with Gasteiger partial charge in [-0.05, 0) is 13.8 Å². The van der Waals surface area contributed by atoms with Crippen LogP contribution in [0.4, 0.5) is 5.13 Å². The molecule has 3 amide bonds. The zero-order valence-electron chi connectivity index (χ0n) is 17.4. The molecule has 0 saturated carbocycles. The number of thiazole rings is 1. The van der Waals surface area contributed by atoms with Crippen molar-refractivity contribution < 1.29 is 14.4 Å². The predicted octanol–water partition coefficient (Wildman–Crippen LogP) is 0.412. The Balaban J connectivity index is 1.43. The molecular weight excluding hydrogens is 392 g/mol. The number of hydrogen-bond acceptors (Lipinski definition) is 7. The van der Waals surface area contributed by atoms with Gasteiger partial charge in [-0.2, -0.15) is 0 Å². The number of anilines is 1. The molecule has 9 nitrogen and oxygen atoms in total. The van der Waals surface area contributed by atoms with E-state index in [0.29, 0.717) is 64.6 Å². The van der Waals surface area contributed by atoms with Crippen LogP contribution in [0.3, 0.4) is 0 Å². The van der Waals surface area contributed by atoms with E-state index in [0.717, 1.165) is 5.13 Å². The summed E-state index contributed by atoms with van der Waals surface area (Å²) in [6.45, 7) is 10.9. The quantitative estimate of drug-likeness (QED) is 0.740. The van der Waals surface area contributed by atoms with Gasteiger partial charge in [-0.15, -0.1) is 11.3 Å². The van der Waals surface area contributed by atoms with Crippen molar-refractivity contribution in [3.8, 4) is 0 Å². The number of hydrogen-bond donors (Lipinski definition) is 1. The molecular formula is C19H30N6O3S. The average molecular weight is 423 g/mol. The summed E-state index contributed by atoms with van der Waals surface area (Å²) in [7, 11) is 0. The van der Waals surface area contributed by atoms with E-state index in [2.05, 4.69) is 15.2 Å². The monoisotopic (exact) mass is 422 g/mol. The second kappa shape index (κ2) is 9.53. The Bertz CT molecular complexity index is 736. The van der Waals surface area contributed by atoms with Crippen LogP contribution in [-0.4, -0.2) is 107 Å². The molecule has 0 spiro atoms. The van der Waals surface area contributed by atoms with Gasteiger partial charge in [0, 0.05) is 70.7 Å². The first-order valence-corrected chi connectivity index (χ1v) is 11.0. The van der Waals surface area contributed by atoms with Crippen LogP contribution in [-0.2, 0) is 9.59 Å². The topological polar surface area (TPSA) is 89.1 Å². The van der Waals surface area contributed by atoms with Crippen molar-refractivity contribution in [3.05, 3.63) is 11.1 Å². The fourth-order valence-corrected chi connectivity index (χ4v) is 4.35. The molecule has 10 heteroatoms. The highest BCUT2D eigenvalue weighted by molar-refractivity contribution is 7.13. The van der Waals surface area contributed by atoms with Crippen LogP contribution in [0.2, 0.25) is 0 Å². The van der Waals surface area contributed by atoms with Gasteiger partial charge in [-0.25, -0.2) is 4.98 Å². The van der Waals surface area contributed by atoms with Gasteiger partial charge in [0.15, 0.2) is 5.13 Å². The number of piperazine rings is 2. The highest BCUT2D eigenvalue weighted by Crippen LogP contribution is 2.18. The zero-order valence-corrected chi connectivity index (χ0v) is 18.2. The highest BCUT2D eigenvalue weighted by Gasteiger charge is 2.27. The minimum atomic E-state index is -0.0515. The standard InChI is InChI=1S/C19H30N6O3S/c1-14(2)20-19-21-16(13-29-19)18(28)25-6-4-22(5-7-25)12-17(27)24-10-8-23(9-11-24)15(3)26/h13-14H,4-12H2,1-3H3,(H,20,21). The molecule has 2 aliphatic rings. The lowest BCUT2D eigenvalue weighted by Gasteiger charge is -2.37. The summed E-state index contributed by atoms with van der Waals surface area (Å²) < 4.78 is 0. The van der Waals surface area contributed by atoms with Crippen molar-refractivity contribution in [1.29, 1.82) is 0 Å². The second-order valence-corrected chi connectivity index (χ2v) is 8.65. The highest BCUT2D eigenvalue weighted by atomic mass is 32.1. The Morgan fingerprint density at radius 2 is 1.59 bits per heavy atom. The lowest BCUT2D eigenvalue weighted by atomic mass is 10.2. The first-order chi connectivity index (χ1) is 13.8. The second-order valence-electron chi connectivity index (χ2n) is 7.79. The Morgan fingerprint density at radius 3 is 2.17 bits per heavy atom. The van der Waals surface area contributed by atoms with Crippen LogP contribution < -0.4 is 5.32 Å². The number of amides is 3. The molecule has 29 heavy (non-hydrogen) atoms. The van der Waals surface area contributed by atoms with E-state index in [1.807, 2.05) is 18.7 Å². The van der Waals surface area contributed by atoms with E-state index in [1.54, 1.807) is 22.1 Å². The Morgan fingerprint density at radius 1 is 1.00 bits per heavy atom. The number of carbonyl (C=O) groups excluding carboxylic acids is 3. The maximum absolute atomic E-state index is 12.7. The molecule has 0 atom stereocenters. The maximum atomic E-state index is 12.7. The number of nitrogens with one attached hydrogen (secondary N) is 1. The van der Waals surface area contributed by atoms with Gasteiger partial charge < -0.3 is 20.0 Å².